The average Bonchev–Trinajstić information content (AvgIpc) is 2.72. The molecule has 0 aliphatic carbocycles. The third-order valence-corrected chi connectivity index (χ3v) is 1.59. The second kappa shape index (κ2) is 3.65. The van der Waals surface area contributed by atoms with Gasteiger partial charge in [-0.15, -0.1) is 5.10 Å². The summed E-state index contributed by atoms with van der Waals surface area (Å²) >= 11 is 0. The summed E-state index contributed by atoms with van der Waals surface area (Å²) in [5, 5.41) is 15.1. The van der Waals surface area contributed by atoms with Crippen molar-refractivity contribution < 1.29 is 4.79 Å². The van der Waals surface area contributed by atoms with E-state index in [2.05, 4.69) is 25.9 Å². The molecule has 0 radical (unpaired) electrons. The molecule has 1 amide bonds. The van der Waals surface area contributed by atoms with Gasteiger partial charge in [-0.05, 0) is 22.6 Å². The van der Waals surface area contributed by atoms with Crippen LogP contribution in [0.3, 0.4) is 0 Å². The lowest BCUT2D eigenvalue weighted by Crippen LogP contribution is -2.13. The summed E-state index contributed by atoms with van der Waals surface area (Å²) in [6.45, 7) is 0. The number of H-pyrrole nitrogens is 1. The summed E-state index contributed by atoms with van der Waals surface area (Å²) in [6.07, 6.45) is 0. The Hall–Kier alpha value is -2.24. The van der Waals surface area contributed by atoms with Crippen molar-refractivity contribution in [2.24, 2.45) is 0 Å². The van der Waals surface area contributed by atoms with Crippen LogP contribution in [0.2, 0.25) is 0 Å². The molecule has 0 saturated carbocycles. The quantitative estimate of drug-likeness (QED) is 0.718. The number of hydrogen-bond acceptors (Lipinski definition) is 4. The highest BCUT2D eigenvalue weighted by atomic mass is 16.2. The van der Waals surface area contributed by atoms with Gasteiger partial charge in [0.25, 0.3) is 5.91 Å². The predicted molar refractivity (Wildman–Crippen MR) is 48.6 cm³/mol. The minimum Gasteiger partial charge on any atom is -0.319 e. The first kappa shape index (κ1) is 8.36. The molecule has 2 N–H and O–H groups in total. The van der Waals surface area contributed by atoms with Crippen molar-refractivity contribution in [1.82, 2.24) is 20.6 Å². The standard InChI is InChI=1S/C8H7N5O/c14-8(7-10-12-13-11-7)9-6-4-2-1-3-5-6/h1-5H,(H,9,14)(H,10,11,12,13). The third-order valence-electron chi connectivity index (χ3n) is 1.59. The molecule has 0 unspecified atom stereocenters. The zero-order valence-corrected chi connectivity index (χ0v) is 7.14. The summed E-state index contributed by atoms with van der Waals surface area (Å²) in [5.41, 5.74) is 0.703. The van der Waals surface area contributed by atoms with Crippen LogP contribution in [0.5, 0.6) is 0 Å². The fraction of sp³-hybridized carbons (Fsp3) is 0. The van der Waals surface area contributed by atoms with Gasteiger partial charge in [0.05, 0.1) is 0 Å². The minimum absolute atomic E-state index is 0.0915. The maximum Gasteiger partial charge on any atom is 0.294 e. The number of carbonyl (C=O) groups is 1. The highest BCUT2D eigenvalue weighted by Gasteiger charge is 2.08. The molecule has 0 fully saturated rings. The third kappa shape index (κ3) is 1.74. The number of benzene rings is 1. The fourth-order valence-electron chi connectivity index (χ4n) is 0.967. The zero-order valence-electron chi connectivity index (χ0n) is 7.14. The Kier molecular flexibility index (Phi) is 2.18. The molecule has 14 heavy (non-hydrogen) atoms. The van der Waals surface area contributed by atoms with Crippen molar-refractivity contribution in [3.8, 4) is 0 Å². The first-order chi connectivity index (χ1) is 6.86. The van der Waals surface area contributed by atoms with Crippen molar-refractivity contribution in [3.63, 3.8) is 0 Å². The van der Waals surface area contributed by atoms with Crippen LogP contribution in [-0.4, -0.2) is 26.5 Å². The predicted octanol–water partition coefficient (Wildman–Crippen LogP) is 0.452. The molecule has 6 nitrogen and oxygen atoms in total. The van der Waals surface area contributed by atoms with E-state index in [1.165, 1.54) is 0 Å². The van der Waals surface area contributed by atoms with Crippen molar-refractivity contribution in [2.75, 3.05) is 5.32 Å². The lowest BCUT2D eigenvalue weighted by atomic mass is 10.3. The number of anilines is 1. The van der Waals surface area contributed by atoms with Crippen LogP contribution < -0.4 is 5.32 Å². The minimum atomic E-state index is -0.360. The monoisotopic (exact) mass is 189 g/mol. The average molecular weight is 189 g/mol. The van der Waals surface area contributed by atoms with Gasteiger partial charge < -0.3 is 5.32 Å². The van der Waals surface area contributed by atoms with Crippen LogP contribution in [-0.2, 0) is 0 Å². The molecule has 1 aromatic heterocycles. The fourth-order valence-corrected chi connectivity index (χ4v) is 0.967. The summed E-state index contributed by atoms with van der Waals surface area (Å²) < 4.78 is 0. The molecule has 70 valence electrons. The zero-order chi connectivity index (χ0) is 9.80. The number of carbonyl (C=O) groups excluding carboxylic acids is 1. The Bertz CT molecular complexity index is 411. The first-order valence-electron chi connectivity index (χ1n) is 3.96. The highest BCUT2D eigenvalue weighted by molar-refractivity contribution is 6.01. The van der Waals surface area contributed by atoms with Crippen molar-refractivity contribution in [3.05, 3.63) is 36.2 Å². The number of hydrogen-bond donors (Lipinski definition) is 2. The highest BCUT2D eigenvalue weighted by Crippen LogP contribution is 2.05. The molecule has 1 heterocycles. The molecule has 2 rings (SSSR count). The Morgan fingerprint density at radius 1 is 1.29 bits per heavy atom. The van der Waals surface area contributed by atoms with Gasteiger partial charge in [-0.2, -0.15) is 0 Å². The maximum absolute atomic E-state index is 11.4. The molecule has 1 aromatic carbocycles. The summed E-state index contributed by atoms with van der Waals surface area (Å²) in [7, 11) is 0. The number of amides is 1. The first-order valence-corrected chi connectivity index (χ1v) is 3.96. The normalized spacial score (nSPS) is 9.71. The molecule has 0 saturated heterocycles. The molecule has 0 aliphatic rings. The molecule has 6 heteroatoms. The van der Waals surface area contributed by atoms with Crippen LogP contribution >= 0.6 is 0 Å². The molecule has 0 bridgehead atoms. The van der Waals surface area contributed by atoms with E-state index in [0.717, 1.165) is 0 Å². The van der Waals surface area contributed by atoms with Gasteiger partial charge in [-0.25, -0.2) is 5.10 Å². The molecule has 0 aliphatic heterocycles. The second-order valence-electron chi connectivity index (χ2n) is 2.57. The number of rotatable bonds is 2. The van der Waals surface area contributed by atoms with E-state index in [4.69, 9.17) is 0 Å². The maximum atomic E-state index is 11.4. The Balaban J connectivity index is 2.10. The van der Waals surface area contributed by atoms with Crippen LogP contribution in [0.25, 0.3) is 0 Å². The van der Waals surface area contributed by atoms with Gasteiger partial charge in [0, 0.05) is 5.69 Å². The number of aromatic nitrogens is 4. The topological polar surface area (TPSA) is 83.6 Å². The van der Waals surface area contributed by atoms with Gasteiger partial charge in [0.1, 0.15) is 0 Å². The van der Waals surface area contributed by atoms with E-state index in [1.807, 2.05) is 18.2 Å². The van der Waals surface area contributed by atoms with Crippen molar-refractivity contribution in [2.45, 2.75) is 0 Å². The number of tetrazole rings is 1. The lowest BCUT2D eigenvalue weighted by Gasteiger charge is -2.00. The number of para-hydroxylation sites is 1. The van der Waals surface area contributed by atoms with Gasteiger partial charge in [0.15, 0.2) is 0 Å². The van der Waals surface area contributed by atoms with Crippen LogP contribution in [0.15, 0.2) is 30.3 Å². The van der Waals surface area contributed by atoms with Crippen molar-refractivity contribution in [1.29, 1.82) is 0 Å². The summed E-state index contributed by atoms with van der Waals surface area (Å²) in [6, 6.07) is 9.08. The van der Waals surface area contributed by atoms with E-state index in [9.17, 15) is 4.79 Å². The number of aromatic amines is 1. The van der Waals surface area contributed by atoms with Gasteiger partial charge in [0.2, 0.25) is 5.82 Å². The molecule has 0 spiro atoms. The Labute approximate surface area is 79.3 Å². The van der Waals surface area contributed by atoms with E-state index < -0.39 is 0 Å². The molecule has 2 aromatic rings. The summed E-state index contributed by atoms with van der Waals surface area (Å²) in [5.74, 6) is -0.268. The Morgan fingerprint density at radius 2 is 2.07 bits per heavy atom. The van der Waals surface area contributed by atoms with E-state index in [0.29, 0.717) is 5.69 Å². The van der Waals surface area contributed by atoms with Crippen LogP contribution in [0, 0.1) is 0 Å². The summed E-state index contributed by atoms with van der Waals surface area (Å²) in [4.78, 5) is 11.4. The smallest absolute Gasteiger partial charge is 0.294 e. The molecular formula is C8H7N5O. The Morgan fingerprint density at radius 3 is 2.71 bits per heavy atom. The van der Waals surface area contributed by atoms with Crippen LogP contribution in [0.1, 0.15) is 10.6 Å². The largest absolute Gasteiger partial charge is 0.319 e. The molecule has 0 atom stereocenters. The SMILES string of the molecule is O=C(Nc1ccccc1)c1nnn[nH]1. The molecular weight excluding hydrogens is 182 g/mol. The van der Waals surface area contributed by atoms with Crippen molar-refractivity contribution >= 4 is 11.6 Å². The lowest BCUT2D eigenvalue weighted by molar-refractivity contribution is 0.101. The van der Waals surface area contributed by atoms with E-state index in [-0.39, 0.29) is 11.7 Å². The van der Waals surface area contributed by atoms with E-state index in [1.54, 1.807) is 12.1 Å². The van der Waals surface area contributed by atoms with Gasteiger partial charge in [-0.3, -0.25) is 4.79 Å². The van der Waals surface area contributed by atoms with Crippen LogP contribution in [0.4, 0.5) is 5.69 Å². The number of nitrogens with one attached hydrogen (secondary N) is 2. The van der Waals surface area contributed by atoms with Gasteiger partial charge >= 0.3 is 0 Å². The number of nitrogens with zero attached hydrogens (tertiary/aromatic N) is 3. The van der Waals surface area contributed by atoms with Gasteiger partial charge in [-0.1, -0.05) is 18.2 Å². The second-order valence-corrected chi connectivity index (χ2v) is 2.57. The van der Waals surface area contributed by atoms with E-state index >= 15 is 0 Å².